The first-order valence-corrected chi connectivity index (χ1v) is 16.0. The summed E-state index contributed by atoms with van der Waals surface area (Å²) >= 11 is 0. The molecule has 1 N–H and O–H groups in total. The van der Waals surface area contributed by atoms with Crippen LogP contribution in [-0.2, 0) is 32.6 Å². The van der Waals surface area contributed by atoms with E-state index in [1.165, 1.54) is 16.4 Å². The van der Waals surface area contributed by atoms with Gasteiger partial charge in [-0.3, -0.25) is 13.9 Å². The minimum absolute atomic E-state index is 0.106. The fourth-order valence-electron chi connectivity index (χ4n) is 5.46. The molecule has 4 rings (SSSR count). The molecule has 1 aliphatic carbocycles. The van der Waals surface area contributed by atoms with Crippen molar-refractivity contribution in [2.75, 3.05) is 10.8 Å². The van der Waals surface area contributed by atoms with Crippen LogP contribution in [0.3, 0.4) is 0 Å². The standard InChI is InChI=1S/C33H41N3O4S/c1-4-27-13-9-12-18-31(27)36(41(39,40)29-16-7-6-8-17-29)24-32(37)35(23-26-21-19-25(3)20-22-26)30(5-2)33(38)34-28-14-10-11-15-28/h6-9,12-13,16-22,28,30H,4-5,10-11,14-15,23-24H2,1-3H3,(H,34,38)/t30-/m1/s1. The lowest BCUT2D eigenvalue weighted by molar-refractivity contribution is -0.140. The van der Waals surface area contributed by atoms with E-state index in [4.69, 9.17) is 0 Å². The van der Waals surface area contributed by atoms with Crippen molar-refractivity contribution in [3.63, 3.8) is 0 Å². The number of rotatable bonds is 12. The second-order valence-corrected chi connectivity index (χ2v) is 12.6. The largest absolute Gasteiger partial charge is 0.352 e. The molecular weight excluding hydrogens is 534 g/mol. The molecule has 7 nitrogen and oxygen atoms in total. The highest BCUT2D eigenvalue weighted by Crippen LogP contribution is 2.28. The fraction of sp³-hybridized carbons (Fsp3) is 0.394. The second kappa shape index (κ2) is 13.8. The molecular formula is C33H41N3O4S. The third kappa shape index (κ3) is 7.36. The van der Waals surface area contributed by atoms with E-state index in [9.17, 15) is 18.0 Å². The third-order valence-electron chi connectivity index (χ3n) is 7.81. The van der Waals surface area contributed by atoms with Crippen LogP contribution in [0.5, 0.6) is 0 Å². The summed E-state index contributed by atoms with van der Waals surface area (Å²) in [4.78, 5) is 29.5. The van der Waals surface area contributed by atoms with Crippen LogP contribution in [0.4, 0.5) is 5.69 Å². The van der Waals surface area contributed by atoms with Gasteiger partial charge >= 0.3 is 0 Å². The molecule has 0 bridgehead atoms. The Balaban J connectivity index is 1.73. The second-order valence-electron chi connectivity index (χ2n) is 10.7. The average Bonchev–Trinajstić information content (AvgIpc) is 3.50. The summed E-state index contributed by atoms with van der Waals surface area (Å²) in [6, 6.07) is 22.6. The predicted octanol–water partition coefficient (Wildman–Crippen LogP) is 5.62. The first-order chi connectivity index (χ1) is 19.7. The van der Waals surface area contributed by atoms with E-state index < -0.39 is 28.5 Å². The number of hydrogen-bond acceptors (Lipinski definition) is 4. The highest BCUT2D eigenvalue weighted by Gasteiger charge is 2.35. The van der Waals surface area contributed by atoms with Crippen LogP contribution in [-0.4, -0.2) is 43.8 Å². The summed E-state index contributed by atoms with van der Waals surface area (Å²) in [5.74, 6) is -0.615. The molecule has 8 heteroatoms. The Morgan fingerprint density at radius 2 is 1.54 bits per heavy atom. The van der Waals surface area contributed by atoms with Gasteiger partial charge in [-0.1, -0.05) is 92.9 Å². The number of nitrogens with zero attached hydrogens (tertiary/aromatic N) is 2. The lowest BCUT2D eigenvalue weighted by Gasteiger charge is -2.34. The smallest absolute Gasteiger partial charge is 0.264 e. The zero-order valence-corrected chi connectivity index (χ0v) is 25.1. The molecule has 3 aromatic rings. The van der Waals surface area contributed by atoms with E-state index in [0.717, 1.165) is 42.4 Å². The van der Waals surface area contributed by atoms with Crippen LogP contribution in [0, 0.1) is 6.92 Å². The van der Waals surface area contributed by atoms with Crippen molar-refractivity contribution in [3.8, 4) is 0 Å². The quantitative estimate of drug-likeness (QED) is 0.304. The number of nitrogens with one attached hydrogen (secondary N) is 1. The maximum absolute atomic E-state index is 14.3. The van der Waals surface area contributed by atoms with Crippen LogP contribution in [0.1, 0.15) is 62.6 Å². The lowest BCUT2D eigenvalue weighted by atomic mass is 10.1. The van der Waals surface area contributed by atoms with Crippen molar-refractivity contribution in [1.82, 2.24) is 10.2 Å². The minimum atomic E-state index is -4.08. The van der Waals surface area contributed by atoms with Gasteiger partial charge in [0.1, 0.15) is 12.6 Å². The van der Waals surface area contributed by atoms with Gasteiger partial charge in [-0.15, -0.1) is 0 Å². The van der Waals surface area contributed by atoms with E-state index in [0.29, 0.717) is 18.5 Å². The molecule has 0 aromatic heterocycles. The number of amides is 2. The highest BCUT2D eigenvalue weighted by molar-refractivity contribution is 7.92. The molecule has 0 aliphatic heterocycles. The van der Waals surface area contributed by atoms with Crippen LogP contribution in [0.25, 0.3) is 0 Å². The number of aryl methyl sites for hydroxylation is 2. The summed E-state index contributed by atoms with van der Waals surface area (Å²) in [5, 5.41) is 3.15. The van der Waals surface area contributed by atoms with Crippen molar-refractivity contribution in [3.05, 3.63) is 95.6 Å². The van der Waals surface area contributed by atoms with Gasteiger partial charge in [-0.2, -0.15) is 0 Å². The maximum atomic E-state index is 14.3. The summed E-state index contributed by atoms with van der Waals surface area (Å²) < 4.78 is 29.3. The van der Waals surface area contributed by atoms with Gasteiger partial charge in [0, 0.05) is 12.6 Å². The molecule has 0 spiro atoms. The molecule has 0 unspecified atom stereocenters. The maximum Gasteiger partial charge on any atom is 0.264 e. The first kappa shape index (κ1) is 30.3. The SMILES string of the molecule is CCc1ccccc1N(CC(=O)N(Cc1ccc(C)cc1)[C@H](CC)C(=O)NC1CCCC1)S(=O)(=O)c1ccccc1. The molecule has 218 valence electrons. The van der Waals surface area contributed by atoms with Crippen molar-refractivity contribution in [1.29, 1.82) is 0 Å². The number of para-hydroxylation sites is 1. The highest BCUT2D eigenvalue weighted by atomic mass is 32.2. The number of hydrogen-bond donors (Lipinski definition) is 1. The number of benzene rings is 3. The van der Waals surface area contributed by atoms with Gasteiger partial charge in [0.15, 0.2) is 0 Å². The van der Waals surface area contributed by atoms with Crippen LogP contribution < -0.4 is 9.62 Å². The number of anilines is 1. The van der Waals surface area contributed by atoms with Gasteiger partial charge in [-0.25, -0.2) is 8.42 Å². The van der Waals surface area contributed by atoms with E-state index in [2.05, 4.69) is 5.32 Å². The Labute approximate surface area is 244 Å². The third-order valence-corrected chi connectivity index (χ3v) is 9.59. The van der Waals surface area contributed by atoms with E-state index in [-0.39, 0.29) is 23.4 Å². The van der Waals surface area contributed by atoms with Gasteiger partial charge in [-0.05, 0) is 61.9 Å². The molecule has 1 fully saturated rings. The van der Waals surface area contributed by atoms with Gasteiger partial charge in [0.2, 0.25) is 11.8 Å². The molecule has 0 heterocycles. The number of sulfonamides is 1. The zero-order chi connectivity index (χ0) is 29.4. The Hall–Kier alpha value is -3.65. The van der Waals surface area contributed by atoms with Gasteiger partial charge in [0.05, 0.1) is 10.6 Å². The Bertz CT molecular complexity index is 1420. The van der Waals surface area contributed by atoms with Crippen molar-refractivity contribution in [2.45, 2.75) is 82.8 Å². The normalized spacial score (nSPS) is 14.4. The molecule has 0 radical (unpaired) electrons. The van der Waals surface area contributed by atoms with Crippen molar-refractivity contribution < 1.29 is 18.0 Å². The van der Waals surface area contributed by atoms with E-state index >= 15 is 0 Å². The number of carbonyl (C=O) groups excluding carboxylic acids is 2. The molecule has 1 atom stereocenters. The molecule has 3 aromatic carbocycles. The zero-order valence-electron chi connectivity index (χ0n) is 24.3. The first-order valence-electron chi connectivity index (χ1n) is 14.6. The molecule has 0 saturated heterocycles. The van der Waals surface area contributed by atoms with Crippen LogP contribution in [0.15, 0.2) is 83.8 Å². The molecule has 41 heavy (non-hydrogen) atoms. The summed E-state index contributed by atoms with van der Waals surface area (Å²) in [7, 11) is -4.08. The molecule has 1 aliphatic rings. The average molecular weight is 576 g/mol. The van der Waals surface area contributed by atoms with E-state index in [1.54, 1.807) is 35.2 Å². The molecule has 2 amide bonds. The monoisotopic (exact) mass is 575 g/mol. The van der Waals surface area contributed by atoms with Crippen LogP contribution >= 0.6 is 0 Å². The molecule has 1 saturated carbocycles. The summed E-state index contributed by atoms with van der Waals surface area (Å²) in [5.41, 5.74) is 3.25. The summed E-state index contributed by atoms with van der Waals surface area (Å²) in [6.45, 7) is 5.61. The lowest BCUT2D eigenvalue weighted by Crippen LogP contribution is -2.53. The van der Waals surface area contributed by atoms with Crippen molar-refractivity contribution >= 4 is 27.5 Å². The van der Waals surface area contributed by atoms with Gasteiger partial charge < -0.3 is 10.2 Å². The predicted molar refractivity (Wildman–Crippen MR) is 163 cm³/mol. The minimum Gasteiger partial charge on any atom is -0.352 e. The number of carbonyl (C=O) groups is 2. The Morgan fingerprint density at radius 3 is 2.17 bits per heavy atom. The topological polar surface area (TPSA) is 86.8 Å². The van der Waals surface area contributed by atoms with Gasteiger partial charge in [0.25, 0.3) is 10.0 Å². The summed E-state index contributed by atoms with van der Waals surface area (Å²) in [6.07, 6.45) is 5.04. The van der Waals surface area contributed by atoms with E-state index in [1.807, 2.05) is 57.2 Å². The Kier molecular flexibility index (Phi) is 10.2. The Morgan fingerprint density at radius 1 is 0.902 bits per heavy atom. The fourth-order valence-corrected chi connectivity index (χ4v) is 6.94. The van der Waals surface area contributed by atoms with Crippen molar-refractivity contribution in [2.24, 2.45) is 0 Å². The van der Waals surface area contributed by atoms with Crippen LogP contribution in [0.2, 0.25) is 0 Å².